The third-order valence-electron chi connectivity index (χ3n) is 4.80. The number of nitrogens with two attached hydrogens (primary N) is 1. The first kappa shape index (κ1) is 20.6. The summed E-state index contributed by atoms with van der Waals surface area (Å²) in [6.45, 7) is 6.21. The van der Waals surface area contributed by atoms with Crippen LogP contribution in [-0.2, 0) is 0 Å². The number of amides is 1. The highest BCUT2D eigenvalue weighted by molar-refractivity contribution is 5.94. The van der Waals surface area contributed by atoms with E-state index in [0.717, 1.165) is 22.5 Å². The fourth-order valence-corrected chi connectivity index (χ4v) is 3.24. The lowest BCUT2D eigenvalue weighted by molar-refractivity contribution is 0.0946. The van der Waals surface area contributed by atoms with Crippen LogP contribution in [0.1, 0.15) is 29.8 Å². The van der Waals surface area contributed by atoms with E-state index in [2.05, 4.69) is 45.8 Å². The molecule has 0 saturated carbocycles. The van der Waals surface area contributed by atoms with Crippen LogP contribution < -0.4 is 16.4 Å². The molecule has 2 aromatic heterocycles. The van der Waals surface area contributed by atoms with Crippen LogP contribution in [0.3, 0.4) is 0 Å². The fourth-order valence-electron chi connectivity index (χ4n) is 3.24. The van der Waals surface area contributed by atoms with Crippen molar-refractivity contribution < 1.29 is 4.79 Å². The van der Waals surface area contributed by atoms with E-state index in [1.54, 1.807) is 16.6 Å². The molecular formula is C24H26N6O. The Morgan fingerprint density at radius 3 is 2.58 bits per heavy atom. The summed E-state index contributed by atoms with van der Waals surface area (Å²) in [7, 11) is 0. The predicted molar refractivity (Wildman–Crippen MR) is 123 cm³/mol. The third kappa shape index (κ3) is 4.90. The Morgan fingerprint density at radius 2 is 1.87 bits per heavy atom. The average molecular weight is 415 g/mol. The molecule has 0 fully saturated rings. The Morgan fingerprint density at radius 1 is 1.10 bits per heavy atom. The third-order valence-corrected chi connectivity index (χ3v) is 4.80. The van der Waals surface area contributed by atoms with Crippen LogP contribution in [0, 0.1) is 6.92 Å². The lowest BCUT2D eigenvalue weighted by Crippen LogP contribution is -2.45. The van der Waals surface area contributed by atoms with Crippen LogP contribution in [0.25, 0.3) is 16.8 Å². The SMILES string of the molecule is Cc1cccc(-c2cccn3nc(Nc4ccc(C(=O)NCC(C)(C)N)cc4)nc23)c1. The molecule has 158 valence electrons. The standard InChI is InChI=1S/C24H26N6O/c1-16-6-4-7-18(14-16)20-8-5-13-30-21(20)28-23(29-30)27-19-11-9-17(10-12-19)22(31)26-15-24(2,3)25/h4-14H,15,25H2,1-3H3,(H,26,31)(H,27,29). The molecule has 2 aromatic carbocycles. The second-order valence-corrected chi connectivity index (χ2v) is 8.37. The van der Waals surface area contributed by atoms with Crippen LogP contribution in [0.4, 0.5) is 11.6 Å². The molecule has 2 heterocycles. The van der Waals surface area contributed by atoms with Gasteiger partial charge in [-0.15, -0.1) is 5.10 Å². The van der Waals surface area contributed by atoms with Crippen LogP contribution in [0.15, 0.2) is 66.9 Å². The first-order valence-electron chi connectivity index (χ1n) is 10.2. The van der Waals surface area contributed by atoms with Crippen molar-refractivity contribution in [2.45, 2.75) is 26.3 Å². The van der Waals surface area contributed by atoms with Gasteiger partial charge >= 0.3 is 0 Å². The second kappa shape index (κ2) is 8.20. The highest BCUT2D eigenvalue weighted by Gasteiger charge is 2.14. The molecule has 0 unspecified atom stereocenters. The first-order chi connectivity index (χ1) is 14.8. The van der Waals surface area contributed by atoms with E-state index in [-0.39, 0.29) is 5.91 Å². The number of anilines is 2. The number of fused-ring (bicyclic) bond motifs is 1. The molecule has 7 heteroatoms. The highest BCUT2D eigenvalue weighted by Crippen LogP contribution is 2.25. The van der Waals surface area contributed by atoms with Gasteiger partial charge in [0.15, 0.2) is 5.65 Å². The van der Waals surface area contributed by atoms with Gasteiger partial charge in [-0.2, -0.15) is 4.98 Å². The quantitative estimate of drug-likeness (QED) is 0.444. The van der Waals surface area contributed by atoms with E-state index in [1.165, 1.54) is 5.56 Å². The number of carbonyl (C=O) groups excluding carboxylic acids is 1. The molecule has 0 aliphatic heterocycles. The maximum atomic E-state index is 12.3. The lowest BCUT2D eigenvalue weighted by Gasteiger charge is -2.18. The summed E-state index contributed by atoms with van der Waals surface area (Å²) in [6.07, 6.45) is 1.87. The van der Waals surface area contributed by atoms with Gasteiger partial charge in [-0.3, -0.25) is 4.79 Å². The summed E-state index contributed by atoms with van der Waals surface area (Å²) in [6, 6.07) is 19.5. The molecule has 0 bridgehead atoms. The van der Waals surface area contributed by atoms with Gasteiger partial charge in [-0.05, 0) is 62.7 Å². The van der Waals surface area contributed by atoms with Crippen molar-refractivity contribution in [3.63, 3.8) is 0 Å². The highest BCUT2D eigenvalue weighted by atomic mass is 16.1. The molecular weight excluding hydrogens is 388 g/mol. The van der Waals surface area contributed by atoms with E-state index in [1.807, 2.05) is 50.4 Å². The molecule has 7 nitrogen and oxygen atoms in total. The number of nitrogens with one attached hydrogen (secondary N) is 2. The summed E-state index contributed by atoms with van der Waals surface area (Å²) in [5, 5.41) is 10.6. The molecule has 0 aliphatic rings. The fraction of sp³-hybridized carbons (Fsp3) is 0.208. The number of aromatic nitrogens is 3. The summed E-state index contributed by atoms with van der Waals surface area (Å²) in [5.41, 5.74) is 10.9. The van der Waals surface area contributed by atoms with Crippen molar-refractivity contribution in [2.24, 2.45) is 5.73 Å². The molecule has 0 aliphatic carbocycles. The normalized spacial score (nSPS) is 11.5. The van der Waals surface area contributed by atoms with Crippen molar-refractivity contribution >= 4 is 23.2 Å². The van der Waals surface area contributed by atoms with Crippen LogP contribution in [-0.4, -0.2) is 32.6 Å². The predicted octanol–water partition coefficient (Wildman–Crippen LogP) is 3.92. The van der Waals surface area contributed by atoms with Crippen molar-refractivity contribution in [3.8, 4) is 11.1 Å². The van der Waals surface area contributed by atoms with E-state index < -0.39 is 5.54 Å². The zero-order chi connectivity index (χ0) is 22.0. The van der Waals surface area contributed by atoms with Gasteiger partial charge in [0.25, 0.3) is 5.91 Å². The van der Waals surface area contributed by atoms with E-state index in [9.17, 15) is 4.79 Å². The molecule has 1 amide bonds. The number of hydrogen-bond donors (Lipinski definition) is 3. The van der Waals surface area contributed by atoms with E-state index in [0.29, 0.717) is 18.1 Å². The largest absolute Gasteiger partial charge is 0.350 e. The van der Waals surface area contributed by atoms with Crippen molar-refractivity contribution in [3.05, 3.63) is 78.0 Å². The Labute approximate surface area is 181 Å². The number of nitrogens with zero attached hydrogens (tertiary/aromatic N) is 3. The summed E-state index contributed by atoms with van der Waals surface area (Å²) in [4.78, 5) is 16.9. The van der Waals surface area contributed by atoms with Gasteiger partial charge in [0.05, 0.1) is 0 Å². The summed E-state index contributed by atoms with van der Waals surface area (Å²) < 4.78 is 1.76. The number of aryl methyl sites for hydroxylation is 1. The molecule has 4 rings (SSSR count). The monoisotopic (exact) mass is 414 g/mol. The lowest BCUT2D eigenvalue weighted by atomic mass is 10.1. The zero-order valence-electron chi connectivity index (χ0n) is 17.9. The summed E-state index contributed by atoms with van der Waals surface area (Å²) >= 11 is 0. The Hall–Kier alpha value is -3.71. The van der Waals surface area contributed by atoms with Crippen molar-refractivity contribution in [1.82, 2.24) is 19.9 Å². The maximum Gasteiger partial charge on any atom is 0.251 e. The molecule has 4 N–H and O–H groups in total. The zero-order valence-corrected chi connectivity index (χ0v) is 17.9. The topological polar surface area (TPSA) is 97.3 Å². The van der Waals surface area contributed by atoms with Crippen molar-refractivity contribution in [2.75, 3.05) is 11.9 Å². The van der Waals surface area contributed by atoms with Crippen LogP contribution in [0.5, 0.6) is 0 Å². The number of benzene rings is 2. The maximum absolute atomic E-state index is 12.3. The smallest absolute Gasteiger partial charge is 0.251 e. The molecule has 31 heavy (non-hydrogen) atoms. The first-order valence-corrected chi connectivity index (χ1v) is 10.2. The van der Waals surface area contributed by atoms with Gasteiger partial charge in [0.2, 0.25) is 5.95 Å². The van der Waals surface area contributed by atoms with E-state index >= 15 is 0 Å². The number of rotatable bonds is 6. The minimum Gasteiger partial charge on any atom is -0.350 e. The molecule has 0 saturated heterocycles. The molecule has 0 spiro atoms. The Bertz CT molecular complexity index is 1220. The van der Waals surface area contributed by atoms with Gasteiger partial charge in [0.1, 0.15) is 0 Å². The number of pyridine rings is 1. The Balaban J connectivity index is 1.53. The van der Waals surface area contributed by atoms with Crippen LogP contribution in [0.2, 0.25) is 0 Å². The van der Waals surface area contributed by atoms with Gasteiger partial charge in [-0.25, -0.2) is 4.52 Å². The van der Waals surface area contributed by atoms with Gasteiger partial charge in [-0.1, -0.05) is 29.8 Å². The second-order valence-electron chi connectivity index (χ2n) is 8.37. The summed E-state index contributed by atoms with van der Waals surface area (Å²) in [5.74, 6) is 0.334. The van der Waals surface area contributed by atoms with Crippen molar-refractivity contribution in [1.29, 1.82) is 0 Å². The number of carbonyl (C=O) groups is 1. The van der Waals surface area contributed by atoms with Gasteiger partial charge < -0.3 is 16.4 Å². The molecule has 4 aromatic rings. The number of hydrogen-bond acceptors (Lipinski definition) is 5. The minimum atomic E-state index is -0.455. The van der Waals surface area contributed by atoms with Gasteiger partial charge in [0, 0.05) is 35.1 Å². The minimum absolute atomic E-state index is 0.154. The van der Waals surface area contributed by atoms with Crippen LogP contribution >= 0.6 is 0 Å². The Kier molecular flexibility index (Phi) is 5.44. The van der Waals surface area contributed by atoms with E-state index in [4.69, 9.17) is 5.73 Å². The molecule has 0 atom stereocenters. The molecule has 0 radical (unpaired) electrons. The average Bonchev–Trinajstić information content (AvgIpc) is 3.14.